The first kappa shape index (κ1) is 18.7. The van der Waals surface area contributed by atoms with Crippen molar-refractivity contribution in [1.29, 1.82) is 0 Å². The number of rotatable bonds is 6. The van der Waals surface area contributed by atoms with Gasteiger partial charge in [0.25, 0.3) is 5.91 Å². The minimum atomic E-state index is -0.803. The van der Waals surface area contributed by atoms with Crippen LogP contribution in [0.3, 0.4) is 0 Å². The van der Waals surface area contributed by atoms with Crippen LogP contribution in [0.4, 0.5) is 14.9 Å². The summed E-state index contributed by atoms with van der Waals surface area (Å²) in [6.07, 6.45) is 0.0748. The van der Waals surface area contributed by atoms with E-state index in [2.05, 4.69) is 10.6 Å². The number of fused-ring (bicyclic) bond motifs is 1. The van der Waals surface area contributed by atoms with E-state index in [4.69, 9.17) is 9.47 Å². The molecule has 2 aliphatic rings. The highest BCUT2D eigenvalue weighted by Crippen LogP contribution is 2.33. The van der Waals surface area contributed by atoms with Crippen LogP contribution in [0.15, 0.2) is 42.5 Å². The molecule has 2 aromatic carbocycles. The molecule has 0 saturated carbocycles. The van der Waals surface area contributed by atoms with Crippen LogP contribution in [-0.2, 0) is 16.1 Å². The summed E-state index contributed by atoms with van der Waals surface area (Å²) in [6.45, 7) is 0.220. The highest BCUT2D eigenvalue weighted by Gasteiger charge is 2.38. The van der Waals surface area contributed by atoms with E-state index in [0.29, 0.717) is 11.5 Å². The van der Waals surface area contributed by atoms with E-state index >= 15 is 0 Å². The topological polar surface area (TPSA) is 97.0 Å². The van der Waals surface area contributed by atoms with E-state index in [9.17, 15) is 18.8 Å². The first-order valence-corrected chi connectivity index (χ1v) is 9.06. The third-order valence-electron chi connectivity index (χ3n) is 4.69. The van der Waals surface area contributed by atoms with Crippen molar-refractivity contribution in [3.05, 3.63) is 53.8 Å². The van der Waals surface area contributed by atoms with Gasteiger partial charge >= 0.3 is 6.03 Å². The van der Waals surface area contributed by atoms with Crippen molar-refractivity contribution in [1.82, 2.24) is 10.2 Å². The normalized spacial score (nSPS) is 17.4. The van der Waals surface area contributed by atoms with Gasteiger partial charge in [0.15, 0.2) is 11.5 Å². The maximum Gasteiger partial charge on any atom is 0.325 e. The second-order valence-electron chi connectivity index (χ2n) is 6.68. The number of carbonyl (C=O) groups excluding carboxylic acids is 3. The number of nitrogens with one attached hydrogen (secondary N) is 2. The Morgan fingerprint density at radius 2 is 1.97 bits per heavy atom. The minimum Gasteiger partial charge on any atom is -0.454 e. The molecule has 2 aromatic rings. The third-order valence-corrected chi connectivity index (χ3v) is 4.69. The average molecular weight is 399 g/mol. The molecule has 2 N–H and O–H groups in total. The average Bonchev–Trinajstić information content (AvgIpc) is 3.27. The summed E-state index contributed by atoms with van der Waals surface area (Å²) in [5, 5.41) is 5.04. The molecule has 4 rings (SSSR count). The summed E-state index contributed by atoms with van der Waals surface area (Å²) in [7, 11) is 0. The van der Waals surface area contributed by atoms with Crippen molar-refractivity contribution in [2.24, 2.45) is 0 Å². The van der Waals surface area contributed by atoms with Crippen LogP contribution in [-0.4, -0.2) is 35.6 Å². The molecule has 4 amide bonds. The zero-order valence-electron chi connectivity index (χ0n) is 15.3. The lowest BCUT2D eigenvalue weighted by Gasteiger charge is -2.13. The lowest BCUT2D eigenvalue weighted by Crippen LogP contribution is -2.31. The van der Waals surface area contributed by atoms with Crippen molar-refractivity contribution in [2.75, 3.05) is 12.1 Å². The quantitative estimate of drug-likeness (QED) is 0.727. The van der Waals surface area contributed by atoms with Crippen LogP contribution in [0.2, 0.25) is 0 Å². The predicted molar refractivity (Wildman–Crippen MR) is 99.7 cm³/mol. The predicted octanol–water partition coefficient (Wildman–Crippen LogP) is 2.39. The summed E-state index contributed by atoms with van der Waals surface area (Å²) < 4.78 is 24.1. The van der Waals surface area contributed by atoms with Gasteiger partial charge in [0.1, 0.15) is 11.9 Å². The SMILES string of the molecule is O=C(CCC1NC(=O)N(Cc2ccc3c(c2)OCO3)C1=O)Nc1ccccc1F. The molecule has 1 atom stereocenters. The van der Waals surface area contributed by atoms with Crippen LogP contribution in [0, 0.1) is 5.82 Å². The van der Waals surface area contributed by atoms with Crippen molar-refractivity contribution >= 4 is 23.5 Å². The van der Waals surface area contributed by atoms with E-state index in [0.717, 1.165) is 10.5 Å². The van der Waals surface area contributed by atoms with Gasteiger partial charge in [-0.15, -0.1) is 0 Å². The molecule has 8 nitrogen and oxygen atoms in total. The molecule has 0 spiro atoms. The Morgan fingerprint density at radius 3 is 2.79 bits per heavy atom. The third kappa shape index (κ3) is 3.98. The molecule has 1 unspecified atom stereocenters. The number of urea groups is 1. The van der Waals surface area contributed by atoms with Gasteiger partial charge < -0.3 is 20.1 Å². The molecule has 1 fully saturated rings. The molecule has 0 bridgehead atoms. The number of ether oxygens (including phenoxy) is 2. The molecule has 2 heterocycles. The van der Waals surface area contributed by atoms with E-state index in [-0.39, 0.29) is 31.9 Å². The van der Waals surface area contributed by atoms with Crippen molar-refractivity contribution in [3.63, 3.8) is 0 Å². The molecule has 9 heteroatoms. The maximum absolute atomic E-state index is 13.6. The number of hydrogen-bond donors (Lipinski definition) is 2. The Hall–Kier alpha value is -3.62. The highest BCUT2D eigenvalue weighted by atomic mass is 19.1. The summed E-state index contributed by atoms with van der Waals surface area (Å²) >= 11 is 0. The van der Waals surface area contributed by atoms with Gasteiger partial charge in [-0.2, -0.15) is 0 Å². The first-order chi connectivity index (χ1) is 14.0. The van der Waals surface area contributed by atoms with Crippen LogP contribution >= 0.6 is 0 Å². The molecule has 0 aliphatic carbocycles. The number of benzene rings is 2. The smallest absolute Gasteiger partial charge is 0.325 e. The van der Waals surface area contributed by atoms with Crippen molar-refractivity contribution in [2.45, 2.75) is 25.4 Å². The van der Waals surface area contributed by atoms with Crippen molar-refractivity contribution < 1.29 is 28.2 Å². The zero-order valence-corrected chi connectivity index (χ0v) is 15.3. The number of carbonyl (C=O) groups is 3. The lowest BCUT2D eigenvalue weighted by molar-refractivity contribution is -0.128. The Morgan fingerprint density at radius 1 is 1.17 bits per heavy atom. The lowest BCUT2D eigenvalue weighted by atomic mass is 10.1. The Labute approximate surface area is 165 Å². The molecule has 0 radical (unpaired) electrons. The largest absolute Gasteiger partial charge is 0.454 e. The molecular weight excluding hydrogens is 381 g/mol. The summed E-state index contributed by atoms with van der Waals surface area (Å²) in [4.78, 5) is 37.9. The fourth-order valence-electron chi connectivity index (χ4n) is 3.19. The second kappa shape index (κ2) is 7.78. The number of imide groups is 1. The van der Waals surface area contributed by atoms with Crippen LogP contribution < -0.4 is 20.1 Å². The molecule has 150 valence electrons. The zero-order chi connectivity index (χ0) is 20.4. The highest BCUT2D eigenvalue weighted by molar-refractivity contribution is 6.04. The minimum absolute atomic E-state index is 0.0388. The number of para-hydroxylation sites is 1. The van der Waals surface area contributed by atoms with E-state index in [1.807, 2.05) is 0 Å². The summed E-state index contributed by atoms with van der Waals surface area (Å²) in [5.41, 5.74) is 0.791. The van der Waals surface area contributed by atoms with E-state index < -0.39 is 29.7 Å². The van der Waals surface area contributed by atoms with Gasteiger partial charge in [-0.25, -0.2) is 9.18 Å². The summed E-state index contributed by atoms with van der Waals surface area (Å²) in [5.74, 6) is -0.209. The van der Waals surface area contributed by atoms with Gasteiger partial charge in [-0.1, -0.05) is 18.2 Å². The summed E-state index contributed by atoms with van der Waals surface area (Å²) in [6, 6.07) is 9.68. The van der Waals surface area contributed by atoms with E-state index in [1.54, 1.807) is 24.3 Å². The van der Waals surface area contributed by atoms with Gasteiger partial charge in [0.05, 0.1) is 12.2 Å². The molecule has 1 saturated heterocycles. The standard InChI is InChI=1S/C20H18FN3O5/c21-13-3-1-2-4-14(13)22-18(25)8-6-15-19(26)24(20(27)23-15)10-12-5-7-16-17(9-12)29-11-28-16/h1-5,7,9,15H,6,8,10-11H2,(H,22,25)(H,23,27). The fourth-order valence-corrected chi connectivity index (χ4v) is 3.19. The van der Waals surface area contributed by atoms with Crippen LogP contribution in [0.1, 0.15) is 18.4 Å². The van der Waals surface area contributed by atoms with Crippen LogP contribution in [0.25, 0.3) is 0 Å². The van der Waals surface area contributed by atoms with E-state index in [1.165, 1.54) is 18.2 Å². The molecule has 29 heavy (non-hydrogen) atoms. The van der Waals surface area contributed by atoms with Crippen LogP contribution in [0.5, 0.6) is 11.5 Å². The number of hydrogen-bond acceptors (Lipinski definition) is 5. The first-order valence-electron chi connectivity index (χ1n) is 9.06. The molecule has 0 aromatic heterocycles. The maximum atomic E-state index is 13.6. The Balaban J connectivity index is 1.33. The fraction of sp³-hybridized carbons (Fsp3) is 0.250. The molecular formula is C20H18FN3O5. The van der Waals surface area contributed by atoms with Gasteiger partial charge in [0.2, 0.25) is 12.7 Å². The Bertz CT molecular complexity index is 980. The number of amides is 4. The number of nitrogens with zero attached hydrogens (tertiary/aromatic N) is 1. The Kier molecular flexibility index (Phi) is 5.03. The second-order valence-corrected chi connectivity index (χ2v) is 6.68. The van der Waals surface area contributed by atoms with Crippen molar-refractivity contribution in [3.8, 4) is 11.5 Å². The van der Waals surface area contributed by atoms with Gasteiger partial charge in [-0.05, 0) is 36.2 Å². The van der Waals surface area contributed by atoms with Gasteiger partial charge in [-0.3, -0.25) is 14.5 Å². The van der Waals surface area contributed by atoms with Gasteiger partial charge in [0, 0.05) is 6.42 Å². The monoisotopic (exact) mass is 399 g/mol. The molecule has 2 aliphatic heterocycles. The number of halogens is 1. The number of anilines is 1.